The van der Waals surface area contributed by atoms with Crippen LogP contribution < -0.4 is 5.32 Å². The molecule has 116 valence electrons. The zero-order chi connectivity index (χ0) is 15.1. The molecule has 0 radical (unpaired) electrons. The standard InChI is InChI=1S/C17H26N2O2/c1-14(4-5-15-6-8-16(20)9-7-15)18-11-10-17(21)19-12-2-3-13-19/h6-9,14,18,20H,2-5,10-13H2,1H3. The van der Waals surface area contributed by atoms with Gasteiger partial charge in [-0.2, -0.15) is 0 Å². The first kappa shape index (κ1) is 15.8. The predicted molar refractivity (Wildman–Crippen MR) is 84.3 cm³/mol. The van der Waals surface area contributed by atoms with Crippen LogP contribution in [-0.4, -0.2) is 41.6 Å². The molecule has 1 fully saturated rings. The maximum Gasteiger partial charge on any atom is 0.223 e. The highest BCUT2D eigenvalue weighted by molar-refractivity contribution is 5.76. The Morgan fingerprint density at radius 3 is 2.62 bits per heavy atom. The molecule has 4 nitrogen and oxygen atoms in total. The Labute approximate surface area is 127 Å². The summed E-state index contributed by atoms with van der Waals surface area (Å²) in [6.07, 6.45) is 4.92. The maximum atomic E-state index is 11.9. The second-order valence-electron chi connectivity index (χ2n) is 5.90. The summed E-state index contributed by atoms with van der Waals surface area (Å²) in [6, 6.07) is 7.76. The van der Waals surface area contributed by atoms with E-state index >= 15 is 0 Å². The number of hydrogen-bond donors (Lipinski definition) is 2. The monoisotopic (exact) mass is 290 g/mol. The fourth-order valence-corrected chi connectivity index (χ4v) is 2.70. The van der Waals surface area contributed by atoms with Gasteiger partial charge in [-0.1, -0.05) is 12.1 Å². The molecule has 2 N–H and O–H groups in total. The van der Waals surface area contributed by atoms with Crippen LogP contribution in [0.2, 0.25) is 0 Å². The molecule has 0 aliphatic carbocycles. The smallest absolute Gasteiger partial charge is 0.223 e. The van der Waals surface area contributed by atoms with Gasteiger partial charge < -0.3 is 15.3 Å². The molecule has 1 saturated heterocycles. The topological polar surface area (TPSA) is 52.6 Å². The summed E-state index contributed by atoms with van der Waals surface area (Å²) in [7, 11) is 0. The van der Waals surface area contributed by atoms with E-state index in [-0.39, 0.29) is 5.91 Å². The average Bonchev–Trinajstić information content (AvgIpc) is 3.01. The highest BCUT2D eigenvalue weighted by atomic mass is 16.3. The lowest BCUT2D eigenvalue weighted by molar-refractivity contribution is -0.130. The molecule has 1 heterocycles. The van der Waals surface area contributed by atoms with Crippen molar-refractivity contribution in [1.29, 1.82) is 0 Å². The summed E-state index contributed by atoms with van der Waals surface area (Å²) in [6.45, 7) is 4.79. The molecule has 4 heteroatoms. The predicted octanol–water partition coefficient (Wildman–Crippen LogP) is 2.32. The van der Waals surface area contributed by atoms with Gasteiger partial charge in [-0.05, 0) is 50.3 Å². The van der Waals surface area contributed by atoms with Gasteiger partial charge in [0, 0.05) is 32.1 Å². The van der Waals surface area contributed by atoms with Crippen LogP contribution >= 0.6 is 0 Å². The lowest BCUT2D eigenvalue weighted by Crippen LogP contribution is -2.33. The Balaban J connectivity index is 1.59. The molecule has 0 aromatic heterocycles. The molecule has 1 unspecified atom stereocenters. The zero-order valence-corrected chi connectivity index (χ0v) is 12.8. The molecule has 1 aliphatic rings. The number of aromatic hydroxyl groups is 1. The third kappa shape index (κ3) is 5.38. The molecule has 1 atom stereocenters. The minimum Gasteiger partial charge on any atom is -0.508 e. The van der Waals surface area contributed by atoms with Crippen molar-refractivity contribution in [2.24, 2.45) is 0 Å². The number of rotatable bonds is 7. The van der Waals surface area contributed by atoms with Gasteiger partial charge in [0.1, 0.15) is 5.75 Å². The summed E-state index contributed by atoms with van der Waals surface area (Å²) in [5.74, 6) is 0.594. The van der Waals surface area contributed by atoms with Gasteiger partial charge >= 0.3 is 0 Å². The van der Waals surface area contributed by atoms with E-state index in [0.717, 1.165) is 45.3 Å². The number of nitrogens with one attached hydrogen (secondary N) is 1. The second kappa shape index (κ2) is 8.03. The van der Waals surface area contributed by atoms with E-state index in [1.165, 1.54) is 5.56 Å². The lowest BCUT2D eigenvalue weighted by Gasteiger charge is -2.17. The highest BCUT2D eigenvalue weighted by Crippen LogP contribution is 2.12. The summed E-state index contributed by atoms with van der Waals surface area (Å²) >= 11 is 0. The minimum absolute atomic E-state index is 0.283. The number of carbonyl (C=O) groups excluding carboxylic acids is 1. The van der Waals surface area contributed by atoms with E-state index in [1.807, 2.05) is 17.0 Å². The summed E-state index contributed by atoms with van der Waals surface area (Å²) in [5.41, 5.74) is 1.23. The molecule has 1 aromatic rings. The van der Waals surface area contributed by atoms with E-state index < -0.39 is 0 Å². The van der Waals surface area contributed by atoms with Crippen molar-refractivity contribution in [3.05, 3.63) is 29.8 Å². The van der Waals surface area contributed by atoms with Gasteiger partial charge in [0.25, 0.3) is 0 Å². The van der Waals surface area contributed by atoms with Gasteiger partial charge in [-0.25, -0.2) is 0 Å². The summed E-state index contributed by atoms with van der Waals surface area (Å²) in [5, 5.41) is 12.7. The summed E-state index contributed by atoms with van der Waals surface area (Å²) < 4.78 is 0. The van der Waals surface area contributed by atoms with Crippen molar-refractivity contribution in [2.75, 3.05) is 19.6 Å². The van der Waals surface area contributed by atoms with E-state index in [9.17, 15) is 9.90 Å². The number of phenolic OH excluding ortho intramolecular Hbond substituents is 1. The molecule has 1 aromatic carbocycles. The van der Waals surface area contributed by atoms with E-state index in [1.54, 1.807) is 12.1 Å². The number of phenols is 1. The molecular formula is C17H26N2O2. The van der Waals surface area contributed by atoms with Crippen molar-refractivity contribution in [2.45, 2.75) is 45.1 Å². The van der Waals surface area contributed by atoms with Crippen LogP contribution in [0.1, 0.15) is 38.2 Å². The van der Waals surface area contributed by atoms with Gasteiger partial charge in [0.2, 0.25) is 5.91 Å². The number of aryl methyl sites for hydroxylation is 1. The van der Waals surface area contributed by atoms with Crippen molar-refractivity contribution < 1.29 is 9.90 Å². The van der Waals surface area contributed by atoms with Crippen LogP contribution in [0.4, 0.5) is 0 Å². The Kier molecular flexibility index (Phi) is 6.05. The molecule has 0 saturated carbocycles. The van der Waals surface area contributed by atoms with Crippen molar-refractivity contribution in [1.82, 2.24) is 10.2 Å². The number of nitrogens with zero attached hydrogens (tertiary/aromatic N) is 1. The Bertz CT molecular complexity index is 439. The zero-order valence-electron chi connectivity index (χ0n) is 12.8. The minimum atomic E-state index is 0.283. The Hall–Kier alpha value is -1.55. The van der Waals surface area contributed by atoms with Crippen LogP contribution in [0, 0.1) is 0 Å². The van der Waals surface area contributed by atoms with E-state index in [0.29, 0.717) is 18.2 Å². The van der Waals surface area contributed by atoms with Gasteiger partial charge in [-0.15, -0.1) is 0 Å². The fourth-order valence-electron chi connectivity index (χ4n) is 2.70. The van der Waals surface area contributed by atoms with Crippen molar-refractivity contribution in [3.63, 3.8) is 0 Å². The number of hydrogen-bond acceptors (Lipinski definition) is 3. The van der Waals surface area contributed by atoms with Crippen molar-refractivity contribution in [3.8, 4) is 5.75 Å². The molecule has 2 rings (SSSR count). The second-order valence-corrected chi connectivity index (χ2v) is 5.90. The molecule has 21 heavy (non-hydrogen) atoms. The Morgan fingerprint density at radius 1 is 1.29 bits per heavy atom. The van der Waals surface area contributed by atoms with Crippen LogP contribution in [0.3, 0.4) is 0 Å². The molecule has 0 bridgehead atoms. The first-order valence-electron chi connectivity index (χ1n) is 7.94. The Morgan fingerprint density at radius 2 is 1.95 bits per heavy atom. The number of benzene rings is 1. The molecule has 1 amide bonds. The van der Waals surface area contributed by atoms with Crippen molar-refractivity contribution >= 4 is 5.91 Å². The molecule has 1 aliphatic heterocycles. The van der Waals surface area contributed by atoms with E-state index in [4.69, 9.17) is 0 Å². The fraction of sp³-hybridized carbons (Fsp3) is 0.588. The average molecular weight is 290 g/mol. The normalized spacial score (nSPS) is 16.1. The molecular weight excluding hydrogens is 264 g/mol. The van der Waals surface area contributed by atoms with E-state index in [2.05, 4.69) is 12.2 Å². The van der Waals surface area contributed by atoms with Crippen LogP contribution in [0.5, 0.6) is 5.75 Å². The quantitative estimate of drug-likeness (QED) is 0.810. The number of amides is 1. The third-order valence-corrected chi connectivity index (χ3v) is 4.09. The van der Waals surface area contributed by atoms with Crippen LogP contribution in [0.25, 0.3) is 0 Å². The van der Waals surface area contributed by atoms with Gasteiger partial charge in [-0.3, -0.25) is 4.79 Å². The van der Waals surface area contributed by atoms with Gasteiger partial charge in [0.05, 0.1) is 0 Å². The largest absolute Gasteiger partial charge is 0.508 e. The summed E-state index contributed by atoms with van der Waals surface area (Å²) in [4.78, 5) is 13.9. The third-order valence-electron chi connectivity index (χ3n) is 4.09. The SMILES string of the molecule is CC(CCc1ccc(O)cc1)NCCC(=O)N1CCCC1. The van der Waals surface area contributed by atoms with Crippen LogP contribution in [-0.2, 0) is 11.2 Å². The highest BCUT2D eigenvalue weighted by Gasteiger charge is 2.17. The first-order valence-corrected chi connectivity index (χ1v) is 7.94. The number of likely N-dealkylation sites (tertiary alicyclic amines) is 1. The number of carbonyl (C=O) groups is 1. The van der Waals surface area contributed by atoms with Crippen LogP contribution in [0.15, 0.2) is 24.3 Å². The maximum absolute atomic E-state index is 11.9. The first-order chi connectivity index (χ1) is 10.1. The lowest BCUT2D eigenvalue weighted by atomic mass is 10.1. The van der Waals surface area contributed by atoms with Gasteiger partial charge in [0.15, 0.2) is 0 Å². The molecule has 0 spiro atoms.